The third-order valence-electron chi connectivity index (χ3n) is 6.48. The molecule has 7 heteroatoms. The van der Waals surface area contributed by atoms with Gasteiger partial charge in [-0.1, -0.05) is 27.7 Å². The van der Waals surface area contributed by atoms with Gasteiger partial charge in [-0.2, -0.15) is 0 Å². The Morgan fingerprint density at radius 1 is 1.24 bits per heavy atom. The van der Waals surface area contributed by atoms with Crippen molar-refractivity contribution < 1.29 is 19.4 Å². The molecule has 3 aliphatic heterocycles. The maximum absolute atomic E-state index is 12.4. The topological polar surface area (TPSA) is 81.0 Å². The van der Waals surface area contributed by atoms with Gasteiger partial charge in [-0.25, -0.2) is 4.79 Å². The molecular formula is C26H34N2O5. The molecule has 1 aromatic carbocycles. The average molecular weight is 455 g/mol. The molecule has 3 aliphatic rings. The van der Waals surface area contributed by atoms with Gasteiger partial charge in [-0.15, -0.1) is 0 Å². The van der Waals surface area contributed by atoms with E-state index in [-0.39, 0.29) is 11.0 Å². The monoisotopic (exact) mass is 454 g/mol. The van der Waals surface area contributed by atoms with Crippen molar-refractivity contribution in [2.24, 2.45) is 11.3 Å². The summed E-state index contributed by atoms with van der Waals surface area (Å²) in [5.74, 6) is 0.564. The normalized spacial score (nSPS) is 17.3. The Kier molecular flexibility index (Phi) is 6.27. The van der Waals surface area contributed by atoms with Crippen molar-refractivity contribution in [3.63, 3.8) is 0 Å². The Morgan fingerprint density at radius 3 is 2.42 bits per heavy atom. The van der Waals surface area contributed by atoms with Gasteiger partial charge in [0.05, 0.1) is 37.1 Å². The van der Waals surface area contributed by atoms with Gasteiger partial charge in [0.25, 0.3) is 0 Å². The summed E-state index contributed by atoms with van der Waals surface area (Å²) in [6.07, 6.45) is 3.09. The highest BCUT2D eigenvalue weighted by Crippen LogP contribution is 2.48. The third kappa shape index (κ3) is 4.14. The van der Waals surface area contributed by atoms with Crippen LogP contribution in [0.3, 0.4) is 0 Å². The number of nitrogens with zero attached hydrogens (tertiary/aromatic N) is 2. The van der Waals surface area contributed by atoms with E-state index in [1.165, 1.54) is 23.4 Å². The summed E-state index contributed by atoms with van der Waals surface area (Å²) >= 11 is 0. The van der Waals surface area contributed by atoms with Crippen LogP contribution in [0.1, 0.15) is 49.2 Å². The van der Waals surface area contributed by atoms with E-state index in [0.29, 0.717) is 6.54 Å². The van der Waals surface area contributed by atoms with E-state index in [2.05, 4.69) is 38.7 Å². The second-order valence-corrected chi connectivity index (χ2v) is 10.1. The number of carboxylic acids is 1. The highest BCUT2D eigenvalue weighted by Gasteiger charge is 2.50. The molecule has 4 heterocycles. The number of carbonyl (C=O) groups is 1. The molecule has 33 heavy (non-hydrogen) atoms. The van der Waals surface area contributed by atoms with Gasteiger partial charge in [-0.05, 0) is 36.0 Å². The molecule has 0 aliphatic carbocycles. The summed E-state index contributed by atoms with van der Waals surface area (Å²) in [4.78, 5) is 26.1. The lowest BCUT2D eigenvalue weighted by atomic mass is 9.77. The molecule has 0 atom stereocenters. The molecular weight excluding hydrogens is 420 g/mol. The van der Waals surface area contributed by atoms with Crippen LogP contribution in [-0.4, -0.2) is 49.1 Å². The van der Waals surface area contributed by atoms with E-state index in [1.807, 2.05) is 4.57 Å². The van der Waals surface area contributed by atoms with Crippen molar-refractivity contribution in [2.45, 2.75) is 47.1 Å². The first-order chi connectivity index (χ1) is 15.7. The molecule has 5 rings (SSSR count). The predicted molar refractivity (Wildman–Crippen MR) is 129 cm³/mol. The highest BCUT2D eigenvalue weighted by atomic mass is 16.5. The van der Waals surface area contributed by atoms with Crippen molar-refractivity contribution in [3.05, 3.63) is 45.2 Å². The van der Waals surface area contributed by atoms with Crippen molar-refractivity contribution in [3.8, 4) is 17.0 Å². The summed E-state index contributed by atoms with van der Waals surface area (Å²) in [6, 6.07) is 3.58. The van der Waals surface area contributed by atoms with E-state index in [4.69, 9.17) is 9.47 Å². The van der Waals surface area contributed by atoms with Crippen molar-refractivity contribution in [2.75, 3.05) is 38.3 Å². The molecule has 7 nitrogen and oxygen atoms in total. The third-order valence-corrected chi connectivity index (χ3v) is 6.48. The zero-order valence-corrected chi connectivity index (χ0v) is 20.2. The van der Waals surface area contributed by atoms with Gasteiger partial charge in [-0.3, -0.25) is 4.79 Å². The number of pyridine rings is 1. The number of fused-ring (bicyclic) bond motifs is 3. The molecule has 178 valence electrons. The zero-order chi connectivity index (χ0) is 23.9. The van der Waals surface area contributed by atoms with E-state index in [9.17, 15) is 14.7 Å². The first-order valence-electron chi connectivity index (χ1n) is 11.7. The first-order valence-corrected chi connectivity index (χ1v) is 11.7. The molecule has 1 N–H and O–H groups in total. The van der Waals surface area contributed by atoms with Crippen LogP contribution in [0.25, 0.3) is 11.3 Å². The number of benzene rings is 1. The average Bonchev–Trinajstić information content (AvgIpc) is 2.69. The number of methoxy groups -OCH3 is 1. The van der Waals surface area contributed by atoms with Crippen LogP contribution in [0, 0.1) is 11.3 Å². The number of ether oxygens (including phenoxy) is 2. The van der Waals surface area contributed by atoms with Gasteiger partial charge < -0.3 is 24.0 Å². The maximum Gasteiger partial charge on any atom is 0.341 e. The smallest absolute Gasteiger partial charge is 0.341 e. The van der Waals surface area contributed by atoms with Gasteiger partial charge in [0.1, 0.15) is 11.3 Å². The quantitative estimate of drug-likeness (QED) is 0.756. The molecule has 0 radical (unpaired) electrons. The molecule has 2 aromatic rings. The number of aryl methyl sites for hydroxylation is 1. The van der Waals surface area contributed by atoms with Crippen molar-refractivity contribution >= 4 is 11.7 Å². The molecule has 0 bridgehead atoms. The Hall–Kier alpha value is -2.80. The molecule has 2 fully saturated rings. The lowest BCUT2D eigenvalue weighted by Gasteiger charge is -2.56. The largest absolute Gasteiger partial charge is 0.494 e. The Balaban J connectivity index is 0.000000601. The Morgan fingerprint density at radius 2 is 1.91 bits per heavy atom. The van der Waals surface area contributed by atoms with E-state index in [1.54, 1.807) is 7.11 Å². The summed E-state index contributed by atoms with van der Waals surface area (Å²) in [6.45, 7) is 12.8. The number of hydrogen-bond donors (Lipinski definition) is 1. The van der Waals surface area contributed by atoms with Crippen LogP contribution in [0.5, 0.6) is 5.75 Å². The van der Waals surface area contributed by atoms with E-state index in [0.717, 1.165) is 67.8 Å². The number of carboxylic acid groups (broad SMARTS) is 1. The second-order valence-electron chi connectivity index (χ2n) is 10.1. The van der Waals surface area contributed by atoms with Crippen LogP contribution >= 0.6 is 0 Å². The number of rotatable bonds is 4. The second kappa shape index (κ2) is 8.86. The van der Waals surface area contributed by atoms with Crippen LogP contribution in [-0.2, 0) is 24.1 Å². The maximum atomic E-state index is 12.4. The van der Waals surface area contributed by atoms with Crippen LogP contribution < -0.4 is 15.1 Å². The fraction of sp³-hybridized carbons (Fsp3) is 0.538. The molecule has 2 saturated heterocycles. The predicted octanol–water partition coefficient (Wildman–Crippen LogP) is 3.84. The molecule has 0 amide bonds. The van der Waals surface area contributed by atoms with Crippen LogP contribution in [0.4, 0.5) is 5.69 Å². The molecule has 1 aromatic heterocycles. The highest BCUT2D eigenvalue weighted by molar-refractivity contribution is 5.88. The van der Waals surface area contributed by atoms with Gasteiger partial charge in [0.2, 0.25) is 0 Å². The fourth-order valence-electron chi connectivity index (χ4n) is 4.99. The summed E-state index contributed by atoms with van der Waals surface area (Å²) in [5, 5.41) is 9.30. The minimum absolute atomic E-state index is 0.184. The number of anilines is 1. The number of aromatic carboxylic acids is 1. The van der Waals surface area contributed by atoms with Gasteiger partial charge in [0.15, 0.2) is 5.43 Å². The fourth-order valence-corrected chi connectivity index (χ4v) is 4.99. The molecule has 0 saturated carbocycles. The van der Waals surface area contributed by atoms with Crippen LogP contribution in [0.15, 0.2) is 23.1 Å². The Bertz CT molecular complexity index is 1120. The minimum Gasteiger partial charge on any atom is -0.494 e. The van der Waals surface area contributed by atoms with Crippen molar-refractivity contribution in [1.82, 2.24) is 4.57 Å². The van der Waals surface area contributed by atoms with E-state index >= 15 is 0 Å². The number of hydrogen-bond acceptors (Lipinski definition) is 5. The lowest BCUT2D eigenvalue weighted by Crippen LogP contribution is -2.66. The van der Waals surface area contributed by atoms with E-state index < -0.39 is 11.4 Å². The standard InChI is InChI=1S/C22H24N2O5.C4H10/c1-3-13-14-4-5-23-8-16(21(26)27)19(25)7-17(23)15(14)6-18(20(13)28-2)24-9-22(10-24)11-29-12-22;1-4(2)3/h6-8H,3-5,9-12H2,1-2H3,(H,26,27);4H,1-3H3. The van der Waals surface area contributed by atoms with Gasteiger partial charge >= 0.3 is 5.97 Å². The SMILES string of the molecule is CC(C)C.CCc1c2c(cc(N3CC4(COC4)C3)c1OC)-c1cc(=O)c(C(=O)O)cn1CC2. The van der Waals surface area contributed by atoms with Crippen LogP contribution in [0.2, 0.25) is 0 Å². The summed E-state index contributed by atoms with van der Waals surface area (Å²) < 4.78 is 13.1. The molecule has 0 unspecified atom stereocenters. The number of aromatic nitrogens is 1. The lowest BCUT2D eigenvalue weighted by molar-refractivity contribution is -0.127. The van der Waals surface area contributed by atoms with Gasteiger partial charge in [0, 0.05) is 37.5 Å². The zero-order valence-electron chi connectivity index (χ0n) is 20.2. The summed E-state index contributed by atoms with van der Waals surface area (Å²) in [5.41, 5.74) is 4.83. The Labute approximate surface area is 194 Å². The summed E-state index contributed by atoms with van der Waals surface area (Å²) in [7, 11) is 1.72. The van der Waals surface area contributed by atoms with Crippen molar-refractivity contribution in [1.29, 1.82) is 0 Å². The minimum atomic E-state index is -1.19. The first kappa shape index (κ1) is 23.4. The molecule has 1 spiro atoms.